The van der Waals surface area contributed by atoms with Crippen LogP contribution in [0.3, 0.4) is 0 Å². The summed E-state index contributed by atoms with van der Waals surface area (Å²) in [6.45, 7) is 2.20. The Labute approximate surface area is 116 Å². The number of esters is 2. The molecule has 20 heavy (non-hydrogen) atoms. The number of rotatable bonds is 6. The molecule has 110 valence electrons. The van der Waals surface area contributed by atoms with E-state index < -0.39 is 17.5 Å². The Hall–Kier alpha value is -2.31. The lowest BCUT2D eigenvalue weighted by atomic mass is 10.2. The van der Waals surface area contributed by atoms with E-state index in [4.69, 9.17) is 4.84 Å². The molecule has 1 heterocycles. The van der Waals surface area contributed by atoms with Gasteiger partial charge >= 0.3 is 11.9 Å². The molecular formula is C13H17NO6. The molecule has 0 fully saturated rings. The Morgan fingerprint density at radius 2 is 1.80 bits per heavy atom. The topological polar surface area (TPSA) is 83.8 Å². The minimum Gasteiger partial charge on any atom is -0.465 e. The lowest BCUT2D eigenvalue weighted by Crippen LogP contribution is -2.36. The molecule has 0 bridgehead atoms. The van der Waals surface area contributed by atoms with Crippen molar-refractivity contribution in [1.82, 2.24) is 4.73 Å². The van der Waals surface area contributed by atoms with Gasteiger partial charge in [0.25, 0.3) is 5.56 Å². The van der Waals surface area contributed by atoms with Crippen LogP contribution in [0.25, 0.3) is 0 Å². The Balaban J connectivity index is 3.26. The number of hydrogen-bond acceptors (Lipinski definition) is 6. The van der Waals surface area contributed by atoms with Crippen LogP contribution in [0.5, 0.6) is 0 Å². The standard InChI is InChI=1S/C13H17NO6/c1-4-5-8-20-14-10(13(17)19-3)7-6-9(11(14)15)12(16)18-2/h6-7H,4-5,8H2,1-3H3. The van der Waals surface area contributed by atoms with Gasteiger partial charge in [-0.15, -0.1) is 4.73 Å². The summed E-state index contributed by atoms with van der Waals surface area (Å²) < 4.78 is 9.84. The highest BCUT2D eigenvalue weighted by molar-refractivity contribution is 5.91. The number of nitrogens with zero attached hydrogens (tertiary/aromatic N) is 1. The molecule has 0 saturated carbocycles. The summed E-state index contributed by atoms with van der Waals surface area (Å²) in [6.07, 6.45) is 1.56. The highest BCUT2D eigenvalue weighted by Crippen LogP contribution is 2.03. The van der Waals surface area contributed by atoms with Crippen LogP contribution in [0.15, 0.2) is 16.9 Å². The van der Waals surface area contributed by atoms with Crippen LogP contribution in [0.1, 0.15) is 40.6 Å². The predicted octanol–water partition coefficient (Wildman–Crippen LogP) is 0.650. The number of hydrogen-bond donors (Lipinski definition) is 0. The van der Waals surface area contributed by atoms with Crippen molar-refractivity contribution in [2.75, 3.05) is 20.8 Å². The van der Waals surface area contributed by atoms with E-state index in [1.54, 1.807) is 0 Å². The Morgan fingerprint density at radius 1 is 1.15 bits per heavy atom. The second-order valence-electron chi connectivity index (χ2n) is 3.90. The summed E-state index contributed by atoms with van der Waals surface area (Å²) >= 11 is 0. The van der Waals surface area contributed by atoms with E-state index in [0.717, 1.165) is 18.3 Å². The van der Waals surface area contributed by atoms with Crippen molar-refractivity contribution in [3.8, 4) is 0 Å². The fourth-order valence-corrected chi connectivity index (χ4v) is 1.47. The zero-order valence-corrected chi connectivity index (χ0v) is 11.7. The van der Waals surface area contributed by atoms with Crippen LogP contribution in [-0.2, 0) is 9.47 Å². The Bertz CT molecular complexity index is 548. The lowest BCUT2D eigenvalue weighted by Gasteiger charge is -2.13. The quantitative estimate of drug-likeness (QED) is 0.563. The van der Waals surface area contributed by atoms with E-state index in [1.165, 1.54) is 19.2 Å². The van der Waals surface area contributed by atoms with Gasteiger partial charge in [0.2, 0.25) is 0 Å². The van der Waals surface area contributed by atoms with Crippen molar-refractivity contribution in [3.05, 3.63) is 33.7 Å². The van der Waals surface area contributed by atoms with Crippen LogP contribution in [0.2, 0.25) is 0 Å². The Morgan fingerprint density at radius 3 is 2.35 bits per heavy atom. The normalized spacial score (nSPS) is 9.95. The van der Waals surface area contributed by atoms with Crippen molar-refractivity contribution >= 4 is 11.9 Å². The third-order valence-corrected chi connectivity index (χ3v) is 2.56. The molecule has 0 aliphatic rings. The molecule has 1 aromatic rings. The van der Waals surface area contributed by atoms with E-state index in [-0.39, 0.29) is 17.9 Å². The van der Waals surface area contributed by atoms with Gasteiger partial charge in [-0.25, -0.2) is 9.59 Å². The highest BCUT2D eigenvalue weighted by atomic mass is 16.7. The van der Waals surface area contributed by atoms with Crippen LogP contribution in [0.4, 0.5) is 0 Å². The summed E-state index contributed by atoms with van der Waals surface area (Å²) in [4.78, 5) is 40.4. The molecule has 7 nitrogen and oxygen atoms in total. The lowest BCUT2D eigenvalue weighted by molar-refractivity contribution is 0.0465. The van der Waals surface area contributed by atoms with Gasteiger partial charge in [0.05, 0.1) is 14.2 Å². The number of carbonyl (C=O) groups is 2. The molecule has 0 saturated heterocycles. The molecule has 0 spiro atoms. The molecule has 0 aromatic carbocycles. The minimum absolute atomic E-state index is 0.0822. The number of unbranched alkanes of at least 4 members (excludes halogenated alkanes) is 1. The number of pyridine rings is 1. The molecule has 0 amide bonds. The molecule has 7 heteroatoms. The molecule has 0 aliphatic carbocycles. The fourth-order valence-electron chi connectivity index (χ4n) is 1.47. The van der Waals surface area contributed by atoms with Crippen molar-refractivity contribution in [2.24, 2.45) is 0 Å². The number of methoxy groups -OCH3 is 2. The minimum atomic E-state index is -0.792. The molecule has 1 rings (SSSR count). The molecule has 1 aromatic heterocycles. The van der Waals surface area contributed by atoms with Gasteiger partial charge < -0.3 is 14.3 Å². The third-order valence-electron chi connectivity index (χ3n) is 2.56. The number of aromatic nitrogens is 1. The van der Waals surface area contributed by atoms with Crippen molar-refractivity contribution in [3.63, 3.8) is 0 Å². The second-order valence-corrected chi connectivity index (χ2v) is 3.90. The molecule has 0 atom stereocenters. The van der Waals surface area contributed by atoms with E-state index >= 15 is 0 Å². The molecule has 0 N–H and O–H groups in total. The maximum atomic E-state index is 12.1. The van der Waals surface area contributed by atoms with Gasteiger partial charge in [-0.3, -0.25) is 4.79 Å². The molecule has 0 radical (unpaired) electrons. The first kappa shape index (κ1) is 15.7. The smallest absolute Gasteiger partial charge is 0.358 e. The summed E-state index contributed by atoms with van der Waals surface area (Å²) in [7, 11) is 2.36. The SMILES string of the molecule is CCCCOn1c(C(=O)OC)ccc(C(=O)OC)c1=O. The summed E-state index contributed by atoms with van der Waals surface area (Å²) in [6, 6.07) is 2.49. The highest BCUT2D eigenvalue weighted by Gasteiger charge is 2.20. The first-order valence-electron chi connectivity index (χ1n) is 6.12. The zero-order chi connectivity index (χ0) is 15.1. The van der Waals surface area contributed by atoms with Crippen LogP contribution >= 0.6 is 0 Å². The van der Waals surface area contributed by atoms with Gasteiger partial charge in [0.1, 0.15) is 12.2 Å². The average molecular weight is 283 g/mol. The summed E-state index contributed by atoms with van der Waals surface area (Å²) in [5.74, 6) is -1.52. The summed E-state index contributed by atoms with van der Waals surface area (Å²) in [5.41, 5.74) is -1.05. The largest absolute Gasteiger partial charge is 0.465 e. The predicted molar refractivity (Wildman–Crippen MR) is 69.7 cm³/mol. The second kappa shape index (κ2) is 7.32. The first-order valence-corrected chi connectivity index (χ1v) is 6.12. The first-order chi connectivity index (χ1) is 9.56. The van der Waals surface area contributed by atoms with Gasteiger partial charge in [0.15, 0.2) is 5.69 Å². The van der Waals surface area contributed by atoms with Gasteiger partial charge in [-0.1, -0.05) is 13.3 Å². The average Bonchev–Trinajstić information content (AvgIpc) is 2.47. The number of ether oxygens (including phenoxy) is 2. The summed E-state index contributed by atoms with van der Waals surface area (Å²) in [5, 5.41) is 0. The van der Waals surface area contributed by atoms with Crippen molar-refractivity contribution in [1.29, 1.82) is 0 Å². The van der Waals surface area contributed by atoms with Crippen LogP contribution < -0.4 is 10.4 Å². The Kier molecular flexibility index (Phi) is 5.76. The monoisotopic (exact) mass is 283 g/mol. The van der Waals surface area contributed by atoms with E-state index in [1.807, 2.05) is 6.92 Å². The van der Waals surface area contributed by atoms with Crippen molar-refractivity contribution < 1.29 is 23.9 Å². The van der Waals surface area contributed by atoms with Gasteiger partial charge in [-0.2, -0.15) is 0 Å². The fraction of sp³-hybridized carbons (Fsp3) is 0.462. The third kappa shape index (κ3) is 3.37. The van der Waals surface area contributed by atoms with Gasteiger partial charge in [0, 0.05) is 0 Å². The molecule has 0 unspecified atom stereocenters. The maximum absolute atomic E-state index is 12.1. The number of carbonyl (C=O) groups excluding carboxylic acids is 2. The molecular weight excluding hydrogens is 266 g/mol. The van der Waals surface area contributed by atoms with Crippen molar-refractivity contribution in [2.45, 2.75) is 19.8 Å². The van der Waals surface area contributed by atoms with E-state index in [0.29, 0.717) is 6.42 Å². The zero-order valence-electron chi connectivity index (χ0n) is 11.7. The van der Waals surface area contributed by atoms with Crippen LogP contribution in [-0.4, -0.2) is 37.5 Å². The van der Waals surface area contributed by atoms with E-state index in [2.05, 4.69) is 9.47 Å². The van der Waals surface area contributed by atoms with Gasteiger partial charge in [-0.05, 0) is 18.6 Å². The van der Waals surface area contributed by atoms with Crippen LogP contribution in [0, 0.1) is 0 Å². The van der Waals surface area contributed by atoms with E-state index in [9.17, 15) is 14.4 Å². The maximum Gasteiger partial charge on any atom is 0.358 e. The molecule has 0 aliphatic heterocycles.